The SMILES string of the molecule is CC1=C(C(=O)Nc2ccccn2)[C@@H](c2cccnc2)n2ncnc2N1. The Morgan fingerprint density at radius 3 is 2.88 bits per heavy atom. The van der Waals surface area contributed by atoms with Crippen molar-refractivity contribution in [1.82, 2.24) is 24.7 Å². The fraction of sp³-hybridized carbons (Fsp3) is 0.118. The Hall–Kier alpha value is -3.55. The van der Waals surface area contributed by atoms with Crippen LogP contribution in [0.1, 0.15) is 18.5 Å². The van der Waals surface area contributed by atoms with Gasteiger partial charge in [-0.25, -0.2) is 9.67 Å². The number of carbonyl (C=O) groups excluding carboxylic acids is 1. The second-order valence-electron chi connectivity index (χ2n) is 5.55. The van der Waals surface area contributed by atoms with Gasteiger partial charge in [0.25, 0.3) is 5.91 Å². The first-order valence-electron chi connectivity index (χ1n) is 7.73. The van der Waals surface area contributed by atoms with E-state index in [1.807, 2.05) is 25.1 Å². The highest BCUT2D eigenvalue weighted by atomic mass is 16.1. The van der Waals surface area contributed by atoms with Crippen LogP contribution in [0.2, 0.25) is 0 Å². The van der Waals surface area contributed by atoms with Gasteiger partial charge in [0.2, 0.25) is 5.95 Å². The van der Waals surface area contributed by atoms with Crippen molar-refractivity contribution in [1.29, 1.82) is 0 Å². The lowest BCUT2D eigenvalue weighted by atomic mass is 9.96. The van der Waals surface area contributed by atoms with E-state index in [0.717, 1.165) is 5.56 Å². The maximum Gasteiger partial charge on any atom is 0.257 e. The number of rotatable bonds is 3. The van der Waals surface area contributed by atoms with Gasteiger partial charge in [-0.2, -0.15) is 10.1 Å². The molecule has 3 aromatic heterocycles. The fourth-order valence-corrected chi connectivity index (χ4v) is 2.85. The molecule has 0 radical (unpaired) electrons. The zero-order valence-corrected chi connectivity index (χ0v) is 13.4. The lowest BCUT2D eigenvalue weighted by molar-refractivity contribution is -0.113. The van der Waals surface area contributed by atoms with Crippen LogP contribution in [0.5, 0.6) is 0 Å². The standard InChI is InChI=1S/C17H15N7O/c1-11-14(16(25)23-13-6-2-3-8-19-13)15(12-5-4-7-18-9-12)24-17(22-11)20-10-21-24/h2-10,15H,1H3,(H,19,23,25)(H,20,21,22)/t15-/m1/s1. The highest BCUT2D eigenvalue weighted by Crippen LogP contribution is 2.34. The summed E-state index contributed by atoms with van der Waals surface area (Å²) in [4.78, 5) is 25.5. The van der Waals surface area contributed by atoms with Crippen molar-refractivity contribution >= 4 is 17.7 Å². The van der Waals surface area contributed by atoms with Gasteiger partial charge in [-0.3, -0.25) is 9.78 Å². The lowest BCUT2D eigenvalue weighted by Crippen LogP contribution is -2.31. The van der Waals surface area contributed by atoms with Crippen LogP contribution in [-0.2, 0) is 4.79 Å². The minimum Gasteiger partial charge on any atom is -0.328 e. The van der Waals surface area contributed by atoms with E-state index in [9.17, 15) is 4.79 Å². The summed E-state index contributed by atoms with van der Waals surface area (Å²) in [7, 11) is 0. The predicted octanol–water partition coefficient (Wildman–Crippen LogP) is 2.00. The number of hydrogen-bond donors (Lipinski definition) is 2. The molecule has 1 atom stereocenters. The Morgan fingerprint density at radius 2 is 2.12 bits per heavy atom. The first-order valence-corrected chi connectivity index (χ1v) is 7.73. The number of amides is 1. The molecule has 1 amide bonds. The highest BCUT2D eigenvalue weighted by Gasteiger charge is 2.33. The molecule has 8 nitrogen and oxygen atoms in total. The van der Waals surface area contributed by atoms with Crippen molar-refractivity contribution in [3.8, 4) is 0 Å². The van der Waals surface area contributed by atoms with Crippen LogP contribution >= 0.6 is 0 Å². The molecule has 0 fully saturated rings. The number of hydrogen-bond acceptors (Lipinski definition) is 6. The third kappa shape index (κ3) is 2.74. The Morgan fingerprint density at radius 1 is 1.20 bits per heavy atom. The van der Waals surface area contributed by atoms with Gasteiger partial charge < -0.3 is 10.6 Å². The van der Waals surface area contributed by atoms with Crippen molar-refractivity contribution in [2.45, 2.75) is 13.0 Å². The number of aromatic nitrogens is 5. The van der Waals surface area contributed by atoms with E-state index in [2.05, 4.69) is 30.7 Å². The van der Waals surface area contributed by atoms with E-state index in [1.165, 1.54) is 6.33 Å². The summed E-state index contributed by atoms with van der Waals surface area (Å²) in [5.41, 5.74) is 2.10. The molecule has 0 saturated carbocycles. The number of allylic oxidation sites excluding steroid dienone is 1. The Bertz CT molecular complexity index is 934. The number of pyridine rings is 2. The van der Waals surface area contributed by atoms with E-state index in [0.29, 0.717) is 23.0 Å². The average molecular weight is 333 g/mol. The molecule has 8 heteroatoms. The summed E-state index contributed by atoms with van der Waals surface area (Å²) >= 11 is 0. The van der Waals surface area contributed by atoms with E-state index in [1.54, 1.807) is 35.4 Å². The van der Waals surface area contributed by atoms with E-state index in [-0.39, 0.29) is 5.91 Å². The molecule has 3 aromatic rings. The molecule has 0 saturated heterocycles. The normalized spacial score (nSPS) is 16.1. The number of nitrogens with zero attached hydrogens (tertiary/aromatic N) is 5. The molecule has 1 aliphatic heterocycles. The van der Waals surface area contributed by atoms with Gasteiger partial charge in [0.1, 0.15) is 18.2 Å². The predicted molar refractivity (Wildman–Crippen MR) is 91.6 cm³/mol. The first kappa shape index (κ1) is 15.0. The largest absolute Gasteiger partial charge is 0.328 e. The van der Waals surface area contributed by atoms with E-state index < -0.39 is 6.04 Å². The molecule has 25 heavy (non-hydrogen) atoms. The molecule has 0 spiro atoms. The average Bonchev–Trinajstić information content (AvgIpc) is 3.10. The number of fused-ring (bicyclic) bond motifs is 1. The highest BCUT2D eigenvalue weighted by molar-refractivity contribution is 6.05. The molecule has 1 aliphatic rings. The Kier molecular flexibility index (Phi) is 3.70. The van der Waals surface area contributed by atoms with Gasteiger partial charge in [-0.15, -0.1) is 0 Å². The van der Waals surface area contributed by atoms with Crippen LogP contribution in [-0.4, -0.2) is 30.6 Å². The van der Waals surface area contributed by atoms with E-state index in [4.69, 9.17) is 0 Å². The molecular weight excluding hydrogens is 318 g/mol. The van der Waals surface area contributed by atoms with Crippen LogP contribution < -0.4 is 10.6 Å². The lowest BCUT2D eigenvalue weighted by Gasteiger charge is -2.28. The minimum atomic E-state index is -0.420. The Labute approximate surface area is 143 Å². The zero-order chi connectivity index (χ0) is 17.2. The van der Waals surface area contributed by atoms with Gasteiger partial charge in [-0.1, -0.05) is 12.1 Å². The molecule has 0 aliphatic carbocycles. The molecular formula is C17H15N7O. The molecule has 2 N–H and O–H groups in total. The van der Waals surface area contributed by atoms with Crippen LogP contribution in [0.3, 0.4) is 0 Å². The maximum absolute atomic E-state index is 13.0. The van der Waals surface area contributed by atoms with Crippen LogP contribution in [0, 0.1) is 0 Å². The topological polar surface area (TPSA) is 97.6 Å². The third-order valence-corrected chi connectivity index (χ3v) is 3.95. The molecule has 0 aromatic carbocycles. The monoisotopic (exact) mass is 333 g/mol. The molecule has 0 unspecified atom stereocenters. The molecule has 4 heterocycles. The fourth-order valence-electron chi connectivity index (χ4n) is 2.85. The van der Waals surface area contributed by atoms with Crippen molar-refractivity contribution in [2.75, 3.05) is 10.6 Å². The van der Waals surface area contributed by atoms with Crippen LogP contribution in [0.25, 0.3) is 0 Å². The summed E-state index contributed by atoms with van der Waals surface area (Å²) in [6.07, 6.45) is 6.50. The van der Waals surface area contributed by atoms with Gasteiger partial charge >= 0.3 is 0 Å². The van der Waals surface area contributed by atoms with Gasteiger partial charge in [0, 0.05) is 24.3 Å². The third-order valence-electron chi connectivity index (χ3n) is 3.95. The van der Waals surface area contributed by atoms with Crippen molar-refractivity contribution in [3.63, 3.8) is 0 Å². The van der Waals surface area contributed by atoms with Gasteiger partial charge in [0.05, 0.1) is 5.57 Å². The van der Waals surface area contributed by atoms with Crippen molar-refractivity contribution in [2.24, 2.45) is 0 Å². The van der Waals surface area contributed by atoms with Crippen molar-refractivity contribution in [3.05, 3.63) is 72.1 Å². The first-order chi connectivity index (χ1) is 12.2. The number of carbonyl (C=O) groups is 1. The molecule has 0 bridgehead atoms. The van der Waals surface area contributed by atoms with Crippen molar-refractivity contribution < 1.29 is 4.79 Å². The van der Waals surface area contributed by atoms with Gasteiger partial charge in [0.15, 0.2) is 0 Å². The molecule has 124 valence electrons. The Balaban J connectivity index is 1.77. The second-order valence-corrected chi connectivity index (χ2v) is 5.55. The molecule has 4 rings (SSSR count). The van der Waals surface area contributed by atoms with Gasteiger partial charge in [-0.05, 0) is 30.7 Å². The summed E-state index contributed by atoms with van der Waals surface area (Å²) in [5, 5.41) is 10.2. The van der Waals surface area contributed by atoms with Crippen LogP contribution in [0.4, 0.5) is 11.8 Å². The summed E-state index contributed by atoms with van der Waals surface area (Å²) in [5.74, 6) is 0.821. The quantitative estimate of drug-likeness (QED) is 0.761. The smallest absolute Gasteiger partial charge is 0.257 e. The minimum absolute atomic E-state index is 0.251. The van der Waals surface area contributed by atoms with E-state index >= 15 is 0 Å². The second kappa shape index (κ2) is 6.16. The number of anilines is 2. The summed E-state index contributed by atoms with van der Waals surface area (Å²) < 4.78 is 1.68. The summed E-state index contributed by atoms with van der Waals surface area (Å²) in [6, 6.07) is 8.67. The zero-order valence-electron chi connectivity index (χ0n) is 13.4. The number of nitrogens with one attached hydrogen (secondary N) is 2. The maximum atomic E-state index is 13.0. The van der Waals surface area contributed by atoms with Crippen LogP contribution in [0.15, 0.2) is 66.5 Å². The summed E-state index contributed by atoms with van der Waals surface area (Å²) in [6.45, 7) is 1.84.